The number of carbonyl (C=O) groups excluding carboxylic acids is 4. The Morgan fingerprint density at radius 3 is 2.31 bits per heavy atom. The molecule has 0 aliphatic carbocycles. The number of imide groups is 1. The third-order valence-corrected chi connectivity index (χ3v) is 5.50. The first-order valence-electron chi connectivity index (χ1n) is 10.8. The van der Waals surface area contributed by atoms with Gasteiger partial charge in [0.15, 0.2) is 0 Å². The summed E-state index contributed by atoms with van der Waals surface area (Å²) in [6, 6.07) is 17.7. The number of para-hydroxylation sites is 1. The molecule has 8 nitrogen and oxygen atoms in total. The van der Waals surface area contributed by atoms with E-state index in [0.717, 1.165) is 6.07 Å². The molecule has 1 heterocycles. The first-order chi connectivity index (χ1) is 17.3. The van der Waals surface area contributed by atoms with Gasteiger partial charge < -0.3 is 15.4 Å². The molecule has 0 radical (unpaired) electrons. The number of nitrogens with one attached hydrogen (secondary N) is 2. The first kappa shape index (κ1) is 24.6. The zero-order chi connectivity index (χ0) is 25.8. The molecule has 0 bridgehead atoms. The first-order valence-corrected chi connectivity index (χ1v) is 11.2. The van der Waals surface area contributed by atoms with E-state index >= 15 is 0 Å². The molecule has 0 fully saturated rings. The van der Waals surface area contributed by atoms with Crippen molar-refractivity contribution in [3.63, 3.8) is 0 Å². The second-order valence-electron chi connectivity index (χ2n) is 7.55. The second-order valence-corrected chi connectivity index (χ2v) is 7.93. The molecule has 36 heavy (non-hydrogen) atoms. The highest BCUT2D eigenvalue weighted by Crippen LogP contribution is 2.31. The molecule has 0 spiro atoms. The van der Waals surface area contributed by atoms with Crippen molar-refractivity contribution < 1.29 is 28.3 Å². The SMILES string of the molecule is CCOC(=O)c1cccc(NC(=O)c2cccc(NC3=C(Cl)C(=O)N(c4ccccc4F)C3=O)c2)c1. The molecule has 2 N–H and O–H groups in total. The Kier molecular flexibility index (Phi) is 7.12. The van der Waals surface area contributed by atoms with E-state index in [4.69, 9.17) is 16.3 Å². The molecular formula is C26H19ClFN3O5. The van der Waals surface area contributed by atoms with E-state index in [1.807, 2.05) is 0 Å². The van der Waals surface area contributed by atoms with E-state index in [1.54, 1.807) is 43.3 Å². The molecule has 0 saturated heterocycles. The van der Waals surface area contributed by atoms with Crippen molar-refractivity contribution in [3.05, 3.63) is 100 Å². The van der Waals surface area contributed by atoms with E-state index in [0.29, 0.717) is 16.3 Å². The summed E-state index contributed by atoms with van der Waals surface area (Å²) < 4.78 is 19.2. The van der Waals surface area contributed by atoms with Gasteiger partial charge in [-0.05, 0) is 55.5 Å². The Balaban J connectivity index is 1.51. The van der Waals surface area contributed by atoms with Crippen LogP contribution in [0.25, 0.3) is 0 Å². The van der Waals surface area contributed by atoms with Gasteiger partial charge in [-0.2, -0.15) is 0 Å². The average Bonchev–Trinajstić information content (AvgIpc) is 3.08. The number of benzene rings is 3. The van der Waals surface area contributed by atoms with Gasteiger partial charge in [0.2, 0.25) is 0 Å². The van der Waals surface area contributed by atoms with E-state index < -0.39 is 34.5 Å². The van der Waals surface area contributed by atoms with E-state index in [1.165, 1.54) is 30.3 Å². The lowest BCUT2D eigenvalue weighted by atomic mass is 10.1. The van der Waals surface area contributed by atoms with Crippen molar-refractivity contribution >= 4 is 52.4 Å². The fourth-order valence-corrected chi connectivity index (χ4v) is 3.70. The molecule has 3 amide bonds. The molecule has 1 aliphatic heterocycles. The summed E-state index contributed by atoms with van der Waals surface area (Å²) in [5.41, 5.74) is 0.723. The fraction of sp³-hybridized carbons (Fsp3) is 0.0769. The molecule has 0 atom stereocenters. The monoisotopic (exact) mass is 507 g/mol. The van der Waals surface area contributed by atoms with Crippen LogP contribution in [0.3, 0.4) is 0 Å². The molecule has 3 aromatic carbocycles. The highest BCUT2D eigenvalue weighted by Gasteiger charge is 2.40. The van der Waals surface area contributed by atoms with Crippen molar-refractivity contribution in [2.45, 2.75) is 6.92 Å². The molecule has 4 rings (SSSR count). The predicted molar refractivity (Wildman–Crippen MR) is 132 cm³/mol. The highest BCUT2D eigenvalue weighted by atomic mass is 35.5. The number of carbonyl (C=O) groups is 4. The molecular weight excluding hydrogens is 489 g/mol. The van der Waals surface area contributed by atoms with Crippen LogP contribution >= 0.6 is 11.6 Å². The van der Waals surface area contributed by atoms with Crippen LogP contribution in [-0.2, 0) is 14.3 Å². The summed E-state index contributed by atoms with van der Waals surface area (Å²) in [6.07, 6.45) is 0. The van der Waals surface area contributed by atoms with Gasteiger partial charge in [0, 0.05) is 16.9 Å². The van der Waals surface area contributed by atoms with Crippen LogP contribution in [0.1, 0.15) is 27.6 Å². The smallest absolute Gasteiger partial charge is 0.338 e. The van der Waals surface area contributed by atoms with E-state index in [2.05, 4.69) is 10.6 Å². The lowest BCUT2D eigenvalue weighted by Gasteiger charge is -2.15. The minimum Gasteiger partial charge on any atom is -0.462 e. The number of ether oxygens (including phenoxy) is 1. The molecule has 0 unspecified atom stereocenters. The Labute approximate surface area is 210 Å². The zero-order valence-corrected chi connectivity index (χ0v) is 19.6. The van der Waals surface area contributed by atoms with E-state index in [-0.39, 0.29) is 29.1 Å². The molecule has 0 saturated carbocycles. The van der Waals surface area contributed by atoms with Gasteiger partial charge in [0.1, 0.15) is 16.5 Å². The number of halogens is 2. The molecule has 0 aromatic heterocycles. The van der Waals surface area contributed by atoms with Crippen LogP contribution in [0.15, 0.2) is 83.5 Å². The van der Waals surface area contributed by atoms with Gasteiger partial charge in [-0.3, -0.25) is 14.4 Å². The summed E-state index contributed by atoms with van der Waals surface area (Å²) in [7, 11) is 0. The van der Waals surface area contributed by atoms with Gasteiger partial charge in [-0.1, -0.05) is 35.9 Å². The Morgan fingerprint density at radius 1 is 0.917 bits per heavy atom. The minimum absolute atomic E-state index is 0.222. The third-order valence-electron chi connectivity index (χ3n) is 5.15. The van der Waals surface area contributed by atoms with Crippen LogP contribution < -0.4 is 15.5 Å². The van der Waals surface area contributed by atoms with Crippen molar-refractivity contribution in [1.82, 2.24) is 0 Å². The Morgan fingerprint density at radius 2 is 1.58 bits per heavy atom. The summed E-state index contributed by atoms with van der Waals surface area (Å²) >= 11 is 6.11. The summed E-state index contributed by atoms with van der Waals surface area (Å²) in [4.78, 5) is 50.9. The van der Waals surface area contributed by atoms with Crippen LogP contribution in [0.5, 0.6) is 0 Å². The summed E-state index contributed by atoms with van der Waals surface area (Å²) in [5.74, 6) is -3.45. The van der Waals surface area contributed by atoms with Gasteiger partial charge in [0.05, 0.1) is 17.9 Å². The van der Waals surface area contributed by atoms with Gasteiger partial charge in [0.25, 0.3) is 17.7 Å². The largest absolute Gasteiger partial charge is 0.462 e. The minimum atomic E-state index is -0.871. The topological polar surface area (TPSA) is 105 Å². The number of rotatable bonds is 7. The van der Waals surface area contributed by atoms with Crippen molar-refractivity contribution in [2.75, 3.05) is 22.1 Å². The normalized spacial score (nSPS) is 13.1. The van der Waals surface area contributed by atoms with Gasteiger partial charge >= 0.3 is 5.97 Å². The summed E-state index contributed by atoms with van der Waals surface area (Å²) in [6.45, 7) is 1.92. The maximum absolute atomic E-state index is 14.2. The molecule has 3 aromatic rings. The number of anilines is 3. The quantitative estimate of drug-likeness (QED) is 0.355. The van der Waals surface area contributed by atoms with Crippen molar-refractivity contribution in [1.29, 1.82) is 0 Å². The van der Waals surface area contributed by atoms with Crippen LogP contribution in [-0.4, -0.2) is 30.3 Å². The molecule has 182 valence electrons. The Bertz CT molecular complexity index is 1420. The summed E-state index contributed by atoms with van der Waals surface area (Å²) in [5, 5.41) is 5.04. The number of amides is 3. The van der Waals surface area contributed by atoms with Gasteiger partial charge in [-0.15, -0.1) is 0 Å². The van der Waals surface area contributed by atoms with Crippen molar-refractivity contribution in [2.24, 2.45) is 0 Å². The average molecular weight is 508 g/mol. The number of hydrogen-bond acceptors (Lipinski definition) is 6. The Hall–Kier alpha value is -4.50. The number of esters is 1. The van der Waals surface area contributed by atoms with Gasteiger partial charge in [-0.25, -0.2) is 14.1 Å². The van der Waals surface area contributed by atoms with Crippen LogP contribution in [0, 0.1) is 5.82 Å². The fourth-order valence-electron chi connectivity index (χ4n) is 3.49. The molecule has 10 heteroatoms. The predicted octanol–water partition coefficient (Wildman–Crippen LogP) is 4.69. The lowest BCUT2D eigenvalue weighted by Crippen LogP contribution is -2.33. The van der Waals surface area contributed by atoms with Crippen molar-refractivity contribution in [3.8, 4) is 0 Å². The van der Waals surface area contributed by atoms with Crippen LogP contribution in [0.4, 0.5) is 21.5 Å². The second kappa shape index (κ2) is 10.4. The third kappa shape index (κ3) is 4.96. The zero-order valence-electron chi connectivity index (χ0n) is 18.9. The van der Waals surface area contributed by atoms with Crippen LogP contribution in [0.2, 0.25) is 0 Å². The highest BCUT2D eigenvalue weighted by molar-refractivity contribution is 6.53. The molecule has 1 aliphatic rings. The number of hydrogen-bond donors (Lipinski definition) is 2. The standard InChI is InChI=1S/C26H19ClFN3O5/c1-2-36-26(35)16-8-6-10-18(14-16)30-23(32)15-7-5-9-17(13-15)29-22-21(27)24(33)31(25(22)34)20-12-4-3-11-19(20)28/h3-14,29H,2H2,1H3,(H,30,32). The maximum atomic E-state index is 14.2. The maximum Gasteiger partial charge on any atom is 0.338 e. The number of nitrogens with zero attached hydrogens (tertiary/aromatic N) is 1. The van der Waals surface area contributed by atoms with E-state index in [9.17, 15) is 23.6 Å². The lowest BCUT2D eigenvalue weighted by molar-refractivity contribution is -0.120.